The number of esters is 1. The fourth-order valence-corrected chi connectivity index (χ4v) is 7.36. The van der Waals surface area contributed by atoms with Crippen molar-refractivity contribution in [3.8, 4) is 0 Å². The number of nitrogens with zero attached hydrogens (tertiary/aromatic N) is 1. The third kappa shape index (κ3) is 4.44. The molecule has 1 atom stereocenters. The smallest absolute Gasteiger partial charge is 0.341 e. The summed E-state index contributed by atoms with van der Waals surface area (Å²) in [5, 5.41) is 3.76. The van der Waals surface area contributed by atoms with Crippen LogP contribution in [0.1, 0.15) is 53.4 Å². The Morgan fingerprint density at radius 3 is 2.62 bits per heavy atom. The highest BCUT2D eigenvalue weighted by Gasteiger charge is 2.40. The van der Waals surface area contributed by atoms with Gasteiger partial charge < -0.3 is 10.1 Å². The first-order valence-electron chi connectivity index (χ1n) is 10.7. The van der Waals surface area contributed by atoms with Gasteiger partial charge in [-0.25, -0.2) is 13.2 Å². The third-order valence-electron chi connectivity index (χ3n) is 5.81. The van der Waals surface area contributed by atoms with Crippen molar-refractivity contribution < 1.29 is 22.7 Å². The van der Waals surface area contributed by atoms with Crippen LogP contribution in [-0.4, -0.2) is 43.8 Å². The number of rotatable bonds is 6. The predicted molar refractivity (Wildman–Crippen MR) is 124 cm³/mol. The van der Waals surface area contributed by atoms with Gasteiger partial charge in [0.15, 0.2) is 0 Å². The van der Waals surface area contributed by atoms with E-state index in [1.165, 1.54) is 39.9 Å². The van der Waals surface area contributed by atoms with Crippen LogP contribution in [0.5, 0.6) is 0 Å². The van der Waals surface area contributed by atoms with Crippen molar-refractivity contribution >= 4 is 49.8 Å². The molecule has 1 aromatic heterocycles. The first-order valence-corrected chi connectivity index (χ1v) is 13.4. The Morgan fingerprint density at radius 2 is 1.91 bits per heavy atom. The van der Waals surface area contributed by atoms with E-state index in [2.05, 4.69) is 5.32 Å². The molecule has 0 spiro atoms. The van der Waals surface area contributed by atoms with E-state index in [0.717, 1.165) is 36.1 Å². The van der Waals surface area contributed by atoms with Crippen molar-refractivity contribution in [3.05, 3.63) is 45.3 Å². The van der Waals surface area contributed by atoms with E-state index >= 15 is 0 Å². The average molecular weight is 497 g/mol. The van der Waals surface area contributed by atoms with E-state index in [4.69, 9.17) is 16.3 Å². The van der Waals surface area contributed by atoms with Gasteiger partial charge in [-0.3, -0.25) is 4.79 Å². The van der Waals surface area contributed by atoms with Crippen molar-refractivity contribution in [1.82, 2.24) is 4.31 Å². The van der Waals surface area contributed by atoms with Crippen molar-refractivity contribution in [1.29, 1.82) is 0 Å². The molecule has 0 saturated carbocycles. The maximum Gasteiger partial charge on any atom is 0.341 e. The van der Waals surface area contributed by atoms with Gasteiger partial charge in [-0.1, -0.05) is 11.6 Å². The molecule has 32 heavy (non-hydrogen) atoms. The Balaban J connectivity index is 1.60. The van der Waals surface area contributed by atoms with Gasteiger partial charge in [-0.2, -0.15) is 4.31 Å². The maximum absolute atomic E-state index is 13.2. The number of ether oxygens (including phenoxy) is 1. The maximum atomic E-state index is 13.2. The number of sulfonamides is 1. The topological polar surface area (TPSA) is 92.8 Å². The molecule has 1 aromatic carbocycles. The Morgan fingerprint density at radius 1 is 1.19 bits per heavy atom. The van der Waals surface area contributed by atoms with Crippen LogP contribution in [0.15, 0.2) is 29.2 Å². The number of fused-ring (bicyclic) bond motifs is 1. The molecule has 1 aliphatic heterocycles. The van der Waals surface area contributed by atoms with Gasteiger partial charge in [-0.15, -0.1) is 11.3 Å². The minimum absolute atomic E-state index is 0.0976. The summed E-state index contributed by atoms with van der Waals surface area (Å²) in [7, 11) is -3.85. The fourth-order valence-electron chi connectivity index (χ4n) is 4.30. The lowest BCUT2D eigenvalue weighted by atomic mass is 9.95. The number of carbonyl (C=O) groups excluding carboxylic acids is 2. The number of hydrogen-bond donors (Lipinski definition) is 1. The molecule has 1 N–H and O–H groups in total. The molecule has 2 aromatic rings. The first kappa shape index (κ1) is 23.2. The van der Waals surface area contributed by atoms with E-state index in [-0.39, 0.29) is 18.0 Å². The summed E-state index contributed by atoms with van der Waals surface area (Å²) in [4.78, 5) is 27.1. The lowest BCUT2D eigenvalue weighted by Crippen LogP contribution is -2.43. The third-order valence-corrected chi connectivity index (χ3v) is 9.20. The molecule has 0 radical (unpaired) electrons. The van der Waals surface area contributed by atoms with Crippen LogP contribution in [0.2, 0.25) is 5.02 Å². The zero-order valence-corrected chi connectivity index (χ0v) is 20.1. The Hall–Kier alpha value is -1.94. The summed E-state index contributed by atoms with van der Waals surface area (Å²) < 4.78 is 32.8. The molecule has 2 heterocycles. The minimum Gasteiger partial charge on any atom is -0.462 e. The van der Waals surface area contributed by atoms with E-state index in [9.17, 15) is 18.0 Å². The molecule has 172 valence electrons. The summed E-state index contributed by atoms with van der Waals surface area (Å²) in [6.07, 6.45) is 4.66. The second kappa shape index (κ2) is 9.51. The largest absolute Gasteiger partial charge is 0.462 e. The summed E-state index contributed by atoms with van der Waals surface area (Å²) in [5.74, 6) is -0.872. The van der Waals surface area contributed by atoms with Crippen molar-refractivity contribution in [2.24, 2.45) is 0 Å². The molecule has 2 aliphatic rings. The number of hydrogen-bond acceptors (Lipinski definition) is 6. The Kier molecular flexibility index (Phi) is 6.90. The fraction of sp³-hybridized carbons (Fsp3) is 0.455. The second-order valence-electron chi connectivity index (χ2n) is 7.85. The molecule has 1 aliphatic carbocycles. The second-order valence-corrected chi connectivity index (χ2v) is 11.3. The zero-order valence-electron chi connectivity index (χ0n) is 17.7. The number of aryl methyl sites for hydroxylation is 1. The normalized spacial score (nSPS) is 18.9. The molecular weight excluding hydrogens is 472 g/mol. The van der Waals surface area contributed by atoms with Crippen molar-refractivity contribution in [2.75, 3.05) is 18.5 Å². The molecule has 0 bridgehead atoms. The predicted octanol–water partition coefficient (Wildman–Crippen LogP) is 4.25. The highest BCUT2D eigenvalue weighted by atomic mass is 35.5. The van der Waals surface area contributed by atoms with Crippen LogP contribution in [0.3, 0.4) is 0 Å². The molecular formula is C22H25ClN2O5S2. The number of anilines is 1. The number of carbonyl (C=O) groups is 2. The van der Waals surface area contributed by atoms with Crippen LogP contribution < -0.4 is 5.32 Å². The van der Waals surface area contributed by atoms with Gasteiger partial charge in [0.25, 0.3) is 0 Å². The lowest BCUT2D eigenvalue weighted by Gasteiger charge is -2.23. The van der Waals surface area contributed by atoms with Gasteiger partial charge in [0.1, 0.15) is 11.0 Å². The first-order chi connectivity index (χ1) is 15.3. The minimum atomic E-state index is -3.85. The summed E-state index contributed by atoms with van der Waals surface area (Å²) in [6, 6.07) is 5.07. The van der Waals surface area contributed by atoms with E-state index < -0.39 is 27.9 Å². The highest BCUT2D eigenvalue weighted by Crippen LogP contribution is 2.39. The van der Waals surface area contributed by atoms with Crippen molar-refractivity contribution in [2.45, 2.75) is 56.4 Å². The number of amides is 1. The van der Waals surface area contributed by atoms with E-state index in [1.54, 1.807) is 6.92 Å². The molecule has 4 rings (SSSR count). The monoisotopic (exact) mass is 496 g/mol. The number of benzene rings is 1. The average Bonchev–Trinajstić information content (AvgIpc) is 3.39. The zero-order chi connectivity index (χ0) is 22.9. The summed E-state index contributed by atoms with van der Waals surface area (Å²) in [6.45, 7) is 2.24. The number of nitrogens with one attached hydrogen (secondary N) is 1. The van der Waals surface area contributed by atoms with Crippen LogP contribution >= 0.6 is 22.9 Å². The lowest BCUT2D eigenvalue weighted by molar-refractivity contribution is -0.119. The molecule has 7 nitrogen and oxygen atoms in total. The van der Waals surface area contributed by atoms with Gasteiger partial charge in [0.05, 0.1) is 17.1 Å². The molecule has 1 saturated heterocycles. The van der Waals surface area contributed by atoms with E-state index in [1.807, 2.05) is 0 Å². The summed E-state index contributed by atoms with van der Waals surface area (Å²) in [5.41, 5.74) is 1.37. The molecule has 0 unspecified atom stereocenters. The quantitative estimate of drug-likeness (QED) is 0.603. The van der Waals surface area contributed by atoms with Gasteiger partial charge in [-0.05, 0) is 75.3 Å². The Labute approximate surface area is 196 Å². The van der Waals surface area contributed by atoms with Gasteiger partial charge in [0, 0.05) is 16.4 Å². The van der Waals surface area contributed by atoms with Gasteiger partial charge >= 0.3 is 5.97 Å². The highest BCUT2D eigenvalue weighted by molar-refractivity contribution is 7.89. The SMILES string of the molecule is CCOC(=O)c1c(NC(=O)[C@@H]2CCCN2S(=O)(=O)c2ccc(Cl)cc2)sc2c1CCCC2. The van der Waals surface area contributed by atoms with Gasteiger partial charge in [0.2, 0.25) is 15.9 Å². The van der Waals surface area contributed by atoms with E-state index in [0.29, 0.717) is 28.4 Å². The van der Waals surface area contributed by atoms with Crippen molar-refractivity contribution in [3.63, 3.8) is 0 Å². The van der Waals surface area contributed by atoms with Crippen LogP contribution in [-0.2, 0) is 32.4 Å². The standard InChI is InChI=1S/C22H25ClN2O5S2/c1-2-30-22(27)19-16-6-3-4-8-18(16)31-21(19)24-20(26)17-7-5-13-25(17)32(28,29)15-11-9-14(23)10-12-15/h9-12,17H,2-8,13H2,1H3,(H,24,26)/t17-/m0/s1. The molecule has 1 amide bonds. The molecule has 10 heteroatoms. The number of halogens is 1. The van der Waals surface area contributed by atoms with Crippen LogP contribution in [0.25, 0.3) is 0 Å². The Bertz CT molecular complexity index is 1130. The van der Waals surface area contributed by atoms with Crippen LogP contribution in [0.4, 0.5) is 5.00 Å². The molecule has 1 fully saturated rings. The summed E-state index contributed by atoms with van der Waals surface area (Å²) >= 11 is 7.28. The number of thiophene rings is 1. The van der Waals surface area contributed by atoms with Crippen LogP contribution in [0, 0.1) is 0 Å².